The summed E-state index contributed by atoms with van der Waals surface area (Å²) in [5.41, 5.74) is 1.51. The number of amides is 1. The second-order valence-electron chi connectivity index (χ2n) is 3.59. The average Bonchev–Trinajstić information content (AvgIpc) is 2.26. The molecule has 0 saturated heterocycles. The van der Waals surface area contributed by atoms with Crippen molar-refractivity contribution in [2.75, 3.05) is 13.6 Å². The van der Waals surface area contributed by atoms with E-state index in [1.807, 2.05) is 27.0 Å². The summed E-state index contributed by atoms with van der Waals surface area (Å²) in [5, 5.41) is 5.88. The van der Waals surface area contributed by atoms with Gasteiger partial charge in [0.2, 0.25) is 0 Å². The highest BCUT2D eigenvalue weighted by molar-refractivity contribution is 5.93. The fourth-order valence-electron chi connectivity index (χ4n) is 1.05. The Bertz CT molecular complexity index is 330. The van der Waals surface area contributed by atoms with Gasteiger partial charge >= 0.3 is 0 Å². The number of carbonyl (C=O) groups is 1. The second kappa shape index (κ2) is 9.22. The predicted molar refractivity (Wildman–Crippen MR) is 74.3 cm³/mol. The molecule has 0 aliphatic carbocycles. The Morgan fingerprint density at radius 1 is 1.41 bits per heavy atom. The minimum atomic E-state index is -0.0791. The standard InChI is InChI=1S/C11H17N3O.2ClH/c1-8-4-5-10(7-13-8)11(15)14-6-9(2)12-3;;/h4-5,7,9,12H,6H2,1-3H3,(H,14,15);2*1H. The molecule has 0 fully saturated rings. The molecule has 0 radical (unpaired) electrons. The summed E-state index contributed by atoms with van der Waals surface area (Å²) in [6.45, 7) is 4.52. The van der Waals surface area contributed by atoms with Gasteiger partial charge in [0.15, 0.2) is 0 Å². The SMILES string of the molecule is CNC(C)CNC(=O)c1ccc(C)nc1.Cl.Cl. The lowest BCUT2D eigenvalue weighted by Crippen LogP contribution is -2.37. The van der Waals surface area contributed by atoms with E-state index < -0.39 is 0 Å². The number of nitrogens with zero attached hydrogens (tertiary/aromatic N) is 1. The van der Waals surface area contributed by atoms with E-state index in [-0.39, 0.29) is 36.8 Å². The molecular weight excluding hydrogens is 261 g/mol. The van der Waals surface area contributed by atoms with Crippen LogP contribution in [-0.2, 0) is 0 Å². The molecule has 0 saturated carbocycles. The quantitative estimate of drug-likeness (QED) is 0.880. The van der Waals surface area contributed by atoms with Gasteiger partial charge in [-0.25, -0.2) is 0 Å². The molecule has 98 valence electrons. The Hall–Kier alpha value is -0.840. The normalized spacial score (nSPS) is 10.8. The number of hydrogen-bond acceptors (Lipinski definition) is 3. The maximum atomic E-state index is 11.6. The summed E-state index contributed by atoms with van der Waals surface area (Å²) in [5.74, 6) is -0.0791. The van der Waals surface area contributed by atoms with Crippen molar-refractivity contribution in [1.29, 1.82) is 0 Å². The van der Waals surface area contributed by atoms with Crippen molar-refractivity contribution in [3.8, 4) is 0 Å². The summed E-state index contributed by atoms with van der Waals surface area (Å²) in [6, 6.07) is 3.88. The molecule has 0 aromatic carbocycles. The van der Waals surface area contributed by atoms with E-state index in [1.54, 1.807) is 12.3 Å². The van der Waals surface area contributed by atoms with Gasteiger partial charge < -0.3 is 10.6 Å². The lowest BCUT2D eigenvalue weighted by molar-refractivity contribution is 0.0950. The van der Waals surface area contributed by atoms with Crippen LogP contribution in [0.3, 0.4) is 0 Å². The zero-order chi connectivity index (χ0) is 11.3. The number of pyridine rings is 1. The summed E-state index contributed by atoms with van der Waals surface area (Å²) >= 11 is 0. The first-order valence-corrected chi connectivity index (χ1v) is 5.01. The van der Waals surface area contributed by atoms with Crippen LogP contribution in [0.5, 0.6) is 0 Å². The Morgan fingerprint density at radius 2 is 2.06 bits per heavy atom. The van der Waals surface area contributed by atoms with E-state index in [2.05, 4.69) is 15.6 Å². The summed E-state index contributed by atoms with van der Waals surface area (Å²) in [6.07, 6.45) is 1.59. The van der Waals surface area contributed by atoms with Crippen molar-refractivity contribution >= 4 is 30.7 Å². The number of nitrogens with one attached hydrogen (secondary N) is 2. The van der Waals surface area contributed by atoms with Gasteiger partial charge in [0.25, 0.3) is 5.91 Å². The monoisotopic (exact) mass is 279 g/mol. The maximum absolute atomic E-state index is 11.6. The van der Waals surface area contributed by atoms with E-state index in [0.717, 1.165) is 5.69 Å². The van der Waals surface area contributed by atoms with Crippen LogP contribution in [0.1, 0.15) is 23.0 Å². The molecule has 0 spiro atoms. The first kappa shape index (κ1) is 18.5. The van der Waals surface area contributed by atoms with Crippen LogP contribution in [0, 0.1) is 6.92 Å². The van der Waals surface area contributed by atoms with Gasteiger partial charge in [-0.3, -0.25) is 9.78 Å². The Balaban J connectivity index is 0. The molecule has 0 bridgehead atoms. The first-order chi connectivity index (χ1) is 7.13. The number of halogens is 2. The topological polar surface area (TPSA) is 54.0 Å². The molecule has 1 aromatic rings. The maximum Gasteiger partial charge on any atom is 0.252 e. The minimum absolute atomic E-state index is 0. The molecule has 1 heterocycles. The van der Waals surface area contributed by atoms with Crippen LogP contribution in [0.25, 0.3) is 0 Å². The molecule has 0 aliphatic heterocycles. The van der Waals surface area contributed by atoms with Gasteiger partial charge in [-0.1, -0.05) is 0 Å². The number of aromatic nitrogens is 1. The molecule has 1 unspecified atom stereocenters. The third kappa shape index (κ3) is 6.46. The minimum Gasteiger partial charge on any atom is -0.350 e. The summed E-state index contributed by atoms with van der Waals surface area (Å²) in [4.78, 5) is 15.7. The highest BCUT2D eigenvalue weighted by atomic mass is 35.5. The van der Waals surface area contributed by atoms with Crippen molar-refractivity contribution in [2.24, 2.45) is 0 Å². The van der Waals surface area contributed by atoms with Crippen LogP contribution in [0.15, 0.2) is 18.3 Å². The smallest absolute Gasteiger partial charge is 0.252 e. The summed E-state index contributed by atoms with van der Waals surface area (Å²) < 4.78 is 0. The van der Waals surface area contributed by atoms with E-state index in [0.29, 0.717) is 12.1 Å². The number of hydrogen-bond donors (Lipinski definition) is 2. The van der Waals surface area contributed by atoms with E-state index in [9.17, 15) is 4.79 Å². The predicted octanol–water partition coefficient (Wildman–Crippen LogP) is 1.57. The van der Waals surface area contributed by atoms with Crippen LogP contribution < -0.4 is 10.6 Å². The third-order valence-electron chi connectivity index (χ3n) is 2.24. The van der Waals surface area contributed by atoms with Crippen molar-refractivity contribution < 1.29 is 4.79 Å². The van der Waals surface area contributed by atoms with Crippen molar-refractivity contribution in [1.82, 2.24) is 15.6 Å². The highest BCUT2D eigenvalue weighted by Crippen LogP contribution is 1.98. The summed E-state index contributed by atoms with van der Waals surface area (Å²) in [7, 11) is 1.87. The average molecular weight is 280 g/mol. The van der Waals surface area contributed by atoms with Gasteiger partial charge in [0.05, 0.1) is 5.56 Å². The number of carbonyl (C=O) groups excluding carboxylic acids is 1. The zero-order valence-electron chi connectivity index (χ0n) is 10.2. The number of aryl methyl sites for hydroxylation is 1. The Labute approximate surface area is 114 Å². The number of rotatable bonds is 4. The van der Waals surface area contributed by atoms with E-state index in [4.69, 9.17) is 0 Å². The van der Waals surface area contributed by atoms with E-state index in [1.165, 1.54) is 0 Å². The van der Waals surface area contributed by atoms with Crippen molar-refractivity contribution in [2.45, 2.75) is 19.9 Å². The molecule has 6 heteroatoms. The van der Waals surface area contributed by atoms with Gasteiger partial charge in [0.1, 0.15) is 0 Å². The lowest BCUT2D eigenvalue weighted by atomic mass is 10.2. The van der Waals surface area contributed by atoms with Crippen molar-refractivity contribution in [3.05, 3.63) is 29.6 Å². The zero-order valence-corrected chi connectivity index (χ0v) is 11.8. The number of likely N-dealkylation sites (N-methyl/N-ethyl adjacent to an activating group) is 1. The largest absolute Gasteiger partial charge is 0.350 e. The molecular formula is C11H19Cl2N3O. The van der Waals surface area contributed by atoms with Gasteiger partial charge in [-0.2, -0.15) is 0 Å². The first-order valence-electron chi connectivity index (χ1n) is 5.01. The van der Waals surface area contributed by atoms with Gasteiger partial charge in [-0.15, -0.1) is 24.8 Å². The molecule has 4 nitrogen and oxygen atoms in total. The van der Waals surface area contributed by atoms with Crippen LogP contribution in [0.4, 0.5) is 0 Å². The molecule has 1 rings (SSSR count). The van der Waals surface area contributed by atoms with Gasteiger partial charge in [0, 0.05) is 24.5 Å². The molecule has 1 amide bonds. The molecule has 1 atom stereocenters. The molecule has 0 aliphatic rings. The highest BCUT2D eigenvalue weighted by Gasteiger charge is 2.06. The Morgan fingerprint density at radius 3 is 2.53 bits per heavy atom. The Kier molecular flexibility index (Phi) is 10.0. The van der Waals surface area contributed by atoms with E-state index >= 15 is 0 Å². The molecule has 17 heavy (non-hydrogen) atoms. The molecule has 1 aromatic heterocycles. The van der Waals surface area contributed by atoms with Crippen LogP contribution in [0.2, 0.25) is 0 Å². The van der Waals surface area contributed by atoms with Gasteiger partial charge in [-0.05, 0) is 33.0 Å². The fourth-order valence-corrected chi connectivity index (χ4v) is 1.05. The van der Waals surface area contributed by atoms with Crippen molar-refractivity contribution in [3.63, 3.8) is 0 Å². The lowest BCUT2D eigenvalue weighted by Gasteiger charge is -2.11. The second-order valence-corrected chi connectivity index (χ2v) is 3.59. The van der Waals surface area contributed by atoms with Crippen LogP contribution >= 0.6 is 24.8 Å². The third-order valence-corrected chi connectivity index (χ3v) is 2.24. The molecule has 2 N–H and O–H groups in total. The van der Waals surface area contributed by atoms with Crippen LogP contribution in [-0.4, -0.2) is 30.5 Å². The fraction of sp³-hybridized carbons (Fsp3) is 0.455.